The molecule has 0 radical (unpaired) electrons. The van der Waals surface area contributed by atoms with Gasteiger partial charge in [0.15, 0.2) is 5.13 Å². The van der Waals surface area contributed by atoms with E-state index in [-0.39, 0.29) is 11.8 Å². The van der Waals surface area contributed by atoms with E-state index in [9.17, 15) is 4.79 Å². The van der Waals surface area contributed by atoms with Gasteiger partial charge in [0.2, 0.25) is 0 Å². The van der Waals surface area contributed by atoms with Gasteiger partial charge in [-0.2, -0.15) is 5.26 Å². The number of hydrogen-bond acceptors (Lipinski definition) is 8. The first-order chi connectivity index (χ1) is 14.1. The average Bonchev–Trinajstić information content (AvgIpc) is 3.40. The summed E-state index contributed by atoms with van der Waals surface area (Å²) >= 11 is 1.41. The summed E-state index contributed by atoms with van der Waals surface area (Å²) in [6.45, 7) is 5.79. The van der Waals surface area contributed by atoms with E-state index < -0.39 is 0 Å². The van der Waals surface area contributed by atoms with Crippen molar-refractivity contribution in [3.05, 3.63) is 28.7 Å². The molecule has 0 saturated carbocycles. The number of thiazole rings is 1. The van der Waals surface area contributed by atoms with E-state index in [1.165, 1.54) is 11.3 Å². The summed E-state index contributed by atoms with van der Waals surface area (Å²) in [5.74, 6) is 1.73. The lowest BCUT2D eigenvalue weighted by molar-refractivity contribution is 0.0788. The molecule has 0 aliphatic carbocycles. The summed E-state index contributed by atoms with van der Waals surface area (Å²) in [7, 11) is 0. The molecule has 0 unspecified atom stereocenters. The molecule has 2 aromatic heterocycles. The zero-order valence-corrected chi connectivity index (χ0v) is 17.4. The Kier molecular flexibility index (Phi) is 6.02. The first-order valence-corrected chi connectivity index (χ1v) is 11.0. The molecule has 2 fully saturated rings. The van der Waals surface area contributed by atoms with Crippen LogP contribution in [0.4, 0.5) is 10.9 Å². The normalized spacial score (nSPS) is 19.9. The van der Waals surface area contributed by atoms with E-state index in [0.29, 0.717) is 23.2 Å². The predicted molar refractivity (Wildman–Crippen MR) is 111 cm³/mol. The molecule has 4 rings (SSSR count). The van der Waals surface area contributed by atoms with Crippen molar-refractivity contribution >= 4 is 28.2 Å². The minimum atomic E-state index is 0.00569. The maximum Gasteiger partial charge on any atom is 0.273 e. The molecule has 0 aromatic carbocycles. The summed E-state index contributed by atoms with van der Waals surface area (Å²) in [4.78, 5) is 30.3. The fourth-order valence-electron chi connectivity index (χ4n) is 3.97. The number of anilines is 2. The van der Waals surface area contributed by atoms with Crippen molar-refractivity contribution in [2.45, 2.75) is 38.5 Å². The molecule has 9 heteroatoms. The summed E-state index contributed by atoms with van der Waals surface area (Å²) < 4.78 is 0. The van der Waals surface area contributed by atoms with E-state index >= 15 is 0 Å². The highest BCUT2D eigenvalue weighted by Gasteiger charge is 2.24. The number of aromatic nitrogens is 3. The van der Waals surface area contributed by atoms with Gasteiger partial charge in [0, 0.05) is 42.7 Å². The maximum absolute atomic E-state index is 12.5. The predicted octanol–water partition coefficient (Wildman–Crippen LogP) is 2.92. The highest BCUT2D eigenvalue weighted by molar-refractivity contribution is 7.14. The Labute approximate surface area is 174 Å². The van der Waals surface area contributed by atoms with Crippen LogP contribution in [0.15, 0.2) is 11.4 Å². The molecule has 29 heavy (non-hydrogen) atoms. The number of nitriles is 1. The highest BCUT2D eigenvalue weighted by atomic mass is 32.1. The van der Waals surface area contributed by atoms with Crippen LogP contribution in [0.2, 0.25) is 0 Å². The van der Waals surface area contributed by atoms with Crippen LogP contribution in [0, 0.1) is 18.3 Å². The highest BCUT2D eigenvalue weighted by Crippen LogP contribution is 2.27. The number of amides is 1. The zero-order chi connectivity index (χ0) is 20.2. The standard InChI is InChI=1S/C20H25N7OS/c1-14-11-17(24-18(22-14)15-5-4-7-26(12-15)10-6-21)25-20-23-16(13-29-20)19(28)27-8-2-3-9-27/h11,13,15H,2-5,7-10,12H2,1H3,(H,22,23,24,25)/t15-/m1/s1. The second-order valence-electron chi connectivity index (χ2n) is 7.65. The van der Waals surface area contributed by atoms with Gasteiger partial charge in [-0.15, -0.1) is 11.3 Å². The molecule has 0 spiro atoms. The smallest absolute Gasteiger partial charge is 0.273 e. The van der Waals surface area contributed by atoms with Crippen LogP contribution >= 0.6 is 11.3 Å². The van der Waals surface area contributed by atoms with Crippen molar-refractivity contribution in [3.8, 4) is 6.07 Å². The third-order valence-corrected chi connectivity index (χ3v) is 6.15. The molecule has 152 valence electrons. The van der Waals surface area contributed by atoms with E-state index in [0.717, 1.165) is 63.4 Å². The minimum absolute atomic E-state index is 0.00569. The van der Waals surface area contributed by atoms with Crippen LogP contribution in [-0.4, -0.2) is 63.4 Å². The SMILES string of the molecule is Cc1cc(Nc2nc(C(=O)N3CCCC3)cs2)nc([C@@H]2CCCN(CC#N)C2)n1. The van der Waals surface area contributed by atoms with Crippen LogP contribution in [0.25, 0.3) is 0 Å². The molecule has 4 heterocycles. The van der Waals surface area contributed by atoms with Gasteiger partial charge in [0.1, 0.15) is 17.3 Å². The number of rotatable bonds is 5. The van der Waals surface area contributed by atoms with Gasteiger partial charge in [-0.25, -0.2) is 15.0 Å². The number of carbonyl (C=O) groups is 1. The number of nitrogens with one attached hydrogen (secondary N) is 1. The number of piperidine rings is 1. The van der Waals surface area contributed by atoms with Gasteiger partial charge < -0.3 is 10.2 Å². The first kappa shape index (κ1) is 19.7. The molecule has 2 aromatic rings. The number of likely N-dealkylation sites (tertiary alicyclic amines) is 2. The summed E-state index contributed by atoms with van der Waals surface area (Å²) in [6, 6.07) is 4.12. The van der Waals surface area contributed by atoms with Gasteiger partial charge in [0.25, 0.3) is 5.91 Å². The van der Waals surface area contributed by atoms with Gasteiger partial charge >= 0.3 is 0 Å². The number of nitrogens with zero attached hydrogens (tertiary/aromatic N) is 6. The van der Waals surface area contributed by atoms with Crippen molar-refractivity contribution in [1.82, 2.24) is 24.8 Å². The van der Waals surface area contributed by atoms with Gasteiger partial charge in [-0.3, -0.25) is 9.69 Å². The first-order valence-electron chi connectivity index (χ1n) is 10.1. The van der Waals surface area contributed by atoms with Crippen molar-refractivity contribution in [2.75, 3.05) is 38.0 Å². The summed E-state index contributed by atoms with van der Waals surface area (Å²) in [5.41, 5.74) is 1.38. The molecule has 1 amide bonds. The van der Waals surface area contributed by atoms with Crippen molar-refractivity contribution < 1.29 is 4.79 Å². The third-order valence-electron chi connectivity index (χ3n) is 5.39. The van der Waals surface area contributed by atoms with Crippen LogP contribution in [-0.2, 0) is 0 Å². The Bertz CT molecular complexity index is 916. The quantitative estimate of drug-likeness (QED) is 0.755. The van der Waals surface area contributed by atoms with Crippen LogP contribution in [0.1, 0.15) is 53.6 Å². The zero-order valence-electron chi connectivity index (χ0n) is 16.6. The number of hydrogen-bond donors (Lipinski definition) is 1. The van der Waals surface area contributed by atoms with Crippen LogP contribution in [0.5, 0.6) is 0 Å². The minimum Gasteiger partial charge on any atom is -0.337 e. The Morgan fingerprint density at radius 1 is 1.28 bits per heavy atom. The number of carbonyl (C=O) groups excluding carboxylic acids is 1. The lowest BCUT2D eigenvalue weighted by Gasteiger charge is -2.30. The van der Waals surface area contributed by atoms with Gasteiger partial charge in [-0.1, -0.05) is 0 Å². The van der Waals surface area contributed by atoms with Crippen LogP contribution < -0.4 is 5.32 Å². The van der Waals surface area contributed by atoms with Crippen molar-refractivity contribution in [3.63, 3.8) is 0 Å². The molecule has 0 bridgehead atoms. The topological polar surface area (TPSA) is 98.0 Å². The third kappa shape index (κ3) is 4.71. The lowest BCUT2D eigenvalue weighted by Crippen LogP contribution is -2.35. The lowest BCUT2D eigenvalue weighted by atomic mass is 9.97. The Morgan fingerprint density at radius 3 is 2.90 bits per heavy atom. The number of aryl methyl sites for hydroxylation is 1. The monoisotopic (exact) mass is 411 g/mol. The van der Waals surface area contributed by atoms with Gasteiger partial charge in [0.05, 0.1) is 12.6 Å². The molecular weight excluding hydrogens is 386 g/mol. The fraction of sp³-hybridized carbons (Fsp3) is 0.550. The van der Waals surface area contributed by atoms with E-state index in [1.807, 2.05) is 17.9 Å². The molecule has 8 nitrogen and oxygen atoms in total. The maximum atomic E-state index is 12.5. The van der Waals surface area contributed by atoms with Crippen molar-refractivity contribution in [1.29, 1.82) is 5.26 Å². The molecule has 1 N–H and O–H groups in total. The van der Waals surface area contributed by atoms with Gasteiger partial charge in [-0.05, 0) is 39.2 Å². The largest absolute Gasteiger partial charge is 0.337 e. The molecule has 2 aliphatic rings. The Hall–Kier alpha value is -2.57. The van der Waals surface area contributed by atoms with Crippen LogP contribution in [0.3, 0.4) is 0 Å². The molecule has 2 aliphatic heterocycles. The average molecular weight is 412 g/mol. The molecule has 2 saturated heterocycles. The molecular formula is C20H25N7OS. The van der Waals surface area contributed by atoms with E-state index in [1.54, 1.807) is 5.38 Å². The van der Waals surface area contributed by atoms with E-state index in [2.05, 4.69) is 26.3 Å². The Morgan fingerprint density at radius 2 is 2.10 bits per heavy atom. The molecule has 1 atom stereocenters. The van der Waals surface area contributed by atoms with Crippen molar-refractivity contribution in [2.24, 2.45) is 0 Å². The second kappa shape index (κ2) is 8.84. The Balaban J connectivity index is 1.47. The second-order valence-corrected chi connectivity index (χ2v) is 8.51. The fourth-order valence-corrected chi connectivity index (χ4v) is 4.66. The van der Waals surface area contributed by atoms with E-state index in [4.69, 9.17) is 10.2 Å². The summed E-state index contributed by atoms with van der Waals surface area (Å²) in [5, 5.41) is 14.7. The summed E-state index contributed by atoms with van der Waals surface area (Å²) in [6.07, 6.45) is 4.20.